The van der Waals surface area contributed by atoms with Crippen LogP contribution in [0.3, 0.4) is 0 Å². The minimum absolute atomic E-state index is 0.256. The van der Waals surface area contributed by atoms with Gasteiger partial charge < -0.3 is 9.42 Å². The lowest BCUT2D eigenvalue weighted by Gasteiger charge is -2.31. The van der Waals surface area contributed by atoms with E-state index in [4.69, 9.17) is 4.52 Å². The smallest absolute Gasteiger partial charge is 0.241 e. The highest BCUT2D eigenvalue weighted by Crippen LogP contribution is 2.28. The van der Waals surface area contributed by atoms with E-state index in [1.165, 1.54) is 18.6 Å². The minimum Gasteiger partial charge on any atom is -0.341 e. The number of amides is 1. The van der Waals surface area contributed by atoms with Crippen molar-refractivity contribution in [2.24, 2.45) is 5.92 Å². The molecule has 0 bridgehead atoms. The van der Waals surface area contributed by atoms with Gasteiger partial charge in [-0.25, -0.2) is 4.39 Å². The molecule has 0 unspecified atom stereocenters. The van der Waals surface area contributed by atoms with E-state index in [1.807, 2.05) is 4.90 Å². The SMILES string of the molecule is O=C(C1CCC1)N1CCCN(Cc2nc(-c3cccc(F)c3)no2)CC1. The third-order valence-electron chi connectivity index (χ3n) is 5.26. The molecule has 0 N–H and O–H groups in total. The summed E-state index contributed by atoms with van der Waals surface area (Å²) < 4.78 is 18.7. The maximum Gasteiger partial charge on any atom is 0.241 e. The first-order chi connectivity index (χ1) is 12.7. The average molecular weight is 358 g/mol. The summed E-state index contributed by atoms with van der Waals surface area (Å²) in [7, 11) is 0. The van der Waals surface area contributed by atoms with Crippen molar-refractivity contribution >= 4 is 5.91 Å². The van der Waals surface area contributed by atoms with E-state index in [2.05, 4.69) is 15.0 Å². The monoisotopic (exact) mass is 358 g/mol. The molecule has 2 aromatic rings. The highest BCUT2D eigenvalue weighted by molar-refractivity contribution is 5.79. The number of carbonyl (C=O) groups is 1. The van der Waals surface area contributed by atoms with E-state index in [1.54, 1.807) is 12.1 Å². The summed E-state index contributed by atoms with van der Waals surface area (Å²) in [5, 5.41) is 3.96. The van der Waals surface area contributed by atoms with Crippen molar-refractivity contribution in [3.05, 3.63) is 36.0 Å². The Kier molecular flexibility index (Phi) is 4.97. The maximum absolute atomic E-state index is 13.3. The summed E-state index contributed by atoms with van der Waals surface area (Å²) in [6.45, 7) is 3.82. The lowest BCUT2D eigenvalue weighted by atomic mass is 9.84. The van der Waals surface area contributed by atoms with Crippen molar-refractivity contribution in [3.8, 4) is 11.4 Å². The molecule has 1 saturated heterocycles. The molecule has 0 spiro atoms. The van der Waals surface area contributed by atoms with Crippen LogP contribution in [0.1, 0.15) is 31.6 Å². The molecule has 1 aromatic carbocycles. The first kappa shape index (κ1) is 17.1. The number of hydrogen-bond acceptors (Lipinski definition) is 5. The van der Waals surface area contributed by atoms with Gasteiger partial charge in [-0.1, -0.05) is 23.7 Å². The van der Waals surface area contributed by atoms with Gasteiger partial charge in [0.25, 0.3) is 0 Å². The Morgan fingerprint density at radius 2 is 2.08 bits per heavy atom. The van der Waals surface area contributed by atoms with Crippen LogP contribution >= 0.6 is 0 Å². The van der Waals surface area contributed by atoms with Crippen molar-refractivity contribution in [1.82, 2.24) is 19.9 Å². The predicted octanol–water partition coefficient (Wildman–Crippen LogP) is 2.71. The number of nitrogens with zero attached hydrogens (tertiary/aromatic N) is 4. The van der Waals surface area contributed by atoms with Gasteiger partial charge in [0, 0.05) is 37.7 Å². The van der Waals surface area contributed by atoms with Crippen LogP contribution in [-0.2, 0) is 11.3 Å². The van der Waals surface area contributed by atoms with Gasteiger partial charge in [0.05, 0.1) is 6.54 Å². The third-order valence-corrected chi connectivity index (χ3v) is 5.26. The number of rotatable bonds is 4. The summed E-state index contributed by atoms with van der Waals surface area (Å²) >= 11 is 0. The van der Waals surface area contributed by atoms with E-state index in [-0.39, 0.29) is 11.7 Å². The highest BCUT2D eigenvalue weighted by Gasteiger charge is 2.30. The fourth-order valence-electron chi connectivity index (χ4n) is 3.52. The van der Waals surface area contributed by atoms with Gasteiger partial charge in [0.15, 0.2) is 0 Å². The number of halogens is 1. The molecule has 0 radical (unpaired) electrons. The van der Waals surface area contributed by atoms with Crippen LogP contribution in [0.15, 0.2) is 28.8 Å². The number of aromatic nitrogens is 2. The highest BCUT2D eigenvalue weighted by atomic mass is 19.1. The van der Waals surface area contributed by atoms with E-state index < -0.39 is 0 Å². The third kappa shape index (κ3) is 3.77. The molecule has 6 nitrogen and oxygen atoms in total. The summed E-state index contributed by atoms with van der Waals surface area (Å²) in [6, 6.07) is 6.17. The van der Waals surface area contributed by atoms with Crippen molar-refractivity contribution in [2.45, 2.75) is 32.2 Å². The Bertz CT molecular complexity index is 774. The van der Waals surface area contributed by atoms with Crippen molar-refractivity contribution in [1.29, 1.82) is 0 Å². The molecule has 2 heterocycles. The fraction of sp³-hybridized carbons (Fsp3) is 0.526. The van der Waals surface area contributed by atoms with Gasteiger partial charge in [-0.15, -0.1) is 0 Å². The standard InChI is InChI=1S/C19H23FN4O2/c20-16-7-2-6-15(12-16)18-21-17(26-22-18)13-23-8-3-9-24(11-10-23)19(25)14-4-1-5-14/h2,6-7,12,14H,1,3-5,8-11,13H2. The lowest BCUT2D eigenvalue weighted by Crippen LogP contribution is -2.41. The second kappa shape index (κ2) is 7.53. The summed E-state index contributed by atoms with van der Waals surface area (Å²) in [5.74, 6) is 1.17. The van der Waals surface area contributed by atoms with E-state index in [0.29, 0.717) is 29.7 Å². The second-order valence-electron chi connectivity index (χ2n) is 7.10. The van der Waals surface area contributed by atoms with E-state index in [9.17, 15) is 9.18 Å². The molecule has 4 rings (SSSR count). The molecule has 0 atom stereocenters. The van der Waals surface area contributed by atoms with Crippen molar-refractivity contribution in [2.75, 3.05) is 26.2 Å². The van der Waals surface area contributed by atoms with Gasteiger partial charge in [-0.3, -0.25) is 9.69 Å². The van der Waals surface area contributed by atoms with Crippen LogP contribution in [0.4, 0.5) is 4.39 Å². The molecule has 7 heteroatoms. The number of hydrogen-bond donors (Lipinski definition) is 0. The molecule has 1 amide bonds. The predicted molar refractivity (Wildman–Crippen MR) is 93.5 cm³/mol. The van der Waals surface area contributed by atoms with Gasteiger partial charge in [0.1, 0.15) is 5.82 Å². The van der Waals surface area contributed by atoms with Crippen LogP contribution < -0.4 is 0 Å². The fourth-order valence-corrected chi connectivity index (χ4v) is 3.52. The normalized spacial score (nSPS) is 19.2. The van der Waals surface area contributed by atoms with Crippen LogP contribution in [-0.4, -0.2) is 52.0 Å². The Labute approximate surface area is 152 Å². The molecule has 1 aliphatic heterocycles. The van der Waals surface area contributed by atoms with E-state index >= 15 is 0 Å². The molecule has 1 aromatic heterocycles. The van der Waals surface area contributed by atoms with Crippen LogP contribution in [0.5, 0.6) is 0 Å². The molecule has 2 aliphatic rings. The van der Waals surface area contributed by atoms with E-state index in [0.717, 1.165) is 45.4 Å². The molecular weight excluding hydrogens is 335 g/mol. The van der Waals surface area contributed by atoms with Gasteiger partial charge in [-0.2, -0.15) is 4.98 Å². The van der Waals surface area contributed by atoms with Gasteiger partial charge in [0.2, 0.25) is 17.6 Å². The number of carbonyl (C=O) groups excluding carboxylic acids is 1. The van der Waals surface area contributed by atoms with Crippen LogP contribution in [0.25, 0.3) is 11.4 Å². The zero-order valence-corrected chi connectivity index (χ0v) is 14.7. The van der Waals surface area contributed by atoms with Crippen molar-refractivity contribution < 1.29 is 13.7 Å². The Balaban J connectivity index is 1.35. The topological polar surface area (TPSA) is 62.5 Å². The zero-order chi connectivity index (χ0) is 17.9. The van der Waals surface area contributed by atoms with Crippen LogP contribution in [0, 0.1) is 11.7 Å². The van der Waals surface area contributed by atoms with Gasteiger partial charge >= 0.3 is 0 Å². The van der Waals surface area contributed by atoms with Gasteiger partial charge in [-0.05, 0) is 31.4 Å². The lowest BCUT2D eigenvalue weighted by molar-refractivity contribution is -0.138. The summed E-state index contributed by atoms with van der Waals surface area (Å²) in [5.41, 5.74) is 0.605. The van der Waals surface area contributed by atoms with Crippen molar-refractivity contribution in [3.63, 3.8) is 0 Å². The second-order valence-corrected chi connectivity index (χ2v) is 7.10. The average Bonchev–Trinajstić information content (AvgIpc) is 2.91. The number of benzene rings is 1. The Morgan fingerprint density at radius 3 is 2.85 bits per heavy atom. The Morgan fingerprint density at radius 1 is 1.19 bits per heavy atom. The summed E-state index contributed by atoms with van der Waals surface area (Å²) in [4.78, 5) is 21.0. The molecule has 1 aliphatic carbocycles. The first-order valence-corrected chi connectivity index (χ1v) is 9.29. The molecule has 2 fully saturated rings. The largest absolute Gasteiger partial charge is 0.341 e. The van der Waals surface area contributed by atoms with Crippen LogP contribution in [0.2, 0.25) is 0 Å². The molecule has 138 valence electrons. The minimum atomic E-state index is -0.322. The zero-order valence-electron chi connectivity index (χ0n) is 14.7. The first-order valence-electron chi connectivity index (χ1n) is 9.29. The Hall–Kier alpha value is -2.28. The molecule has 26 heavy (non-hydrogen) atoms. The summed E-state index contributed by atoms with van der Waals surface area (Å²) in [6.07, 6.45) is 4.22. The molecule has 1 saturated carbocycles. The maximum atomic E-state index is 13.3. The molecular formula is C19H23FN4O2. The quantitative estimate of drug-likeness (QED) is 0.841.